The maximum Gasteiger partial charge on any atom is 0.319 e. The molecule has 0 radical (unpaired) electrons. The van der Waals surface area contributed by atoms with Crippen LogP contribution >= 0.6 is 0 Å². The van der Waals surface area contributed by atoms with E-state index in [-0.39, 0.29) is 24.3 Å². The number of carbonyl (C=O) groups is 3. The second-order valence-corrected chi connectivity index (χ2v) is 10.9. The molecule has 0 aromatic heterocycles. The SMILES string of the molecule is COc1cccc(NC(=O)NC2CC(c3ccc(C)cc3)c3ccccc3N(CC(=O)NC(C)(C)C)C2=O)c1. The Morgan fingerprint density at radius 2 is 1.72 bits per heavy atom. The molecule has 8 nitrogen and oxygen atoms in total. The van der Waals surface area contributed by atoms with Crippen molar-refractivity contribution in [3.8, 4) is 5.75 Å². The number of aryl methyl sites for hydroxylation is 1. The van der Waals surface area contributed by atoms with Crippen LogP contribution < -0.4 is 25.6 Å². The molecule has 0 spiro atoms. The first-order chi connectivity index (χ1) is 18.5. The van der Waals surface area contributed by atoms with Crippen molar-refractivity contribution in [2.75, 3.05) is 23.9 Å². The number of anilines is 2. The Labute approximate surface area is 229 Å². The van der Waals surface area contributed by atoms with Crippen molar-refractivity contribution >= 4 is 29.2 Å². The number of benzene rings is 3. The summed E-state index contributed by atoms with van der Waals surface area (Å²) in [6.45, 7) is 7.54. The number of hydrogen-bond donors (Lipinski definition) is 3. The Bertz CT molecular complexity index is 1350. The Hall–Kier alpha value is -4.33. The maximum absolute atomic E-state index is 14.0. The first-order valence-electron chi connectivity index (χ1n) is 13.0. The van der Waals surface area contributed by atoms with E-state index in [1.54, 1.807) is 31.4 Å². The van der Waals surface area contributed by atoms with Crippen LogP contribution in [0.4, 0.5) is 16.2 Å². The molecular weight excluding hydrogens is 492 g/mol. The van der Waals surface area contributed by atoms with Crippen molar-refractivity contribution in [1.82, 2.24) is 10.6 Å². The van der Waals surface area contributed by atoms with Crippen molar-refractivity contribution in [2.24, 2.45) is 0 Å². The van der Waals surface area contributed by atoms with Crippen LogP contribution in [0.5, 0.6) is 5.75 Å². The second kappa shape index (κ2) is 11.6. The highest BCUT2D eigenvalue weighted by atomic mass is 16.5. The van der Waals surface area contributed by atoms with Gasteiger partial charge in [0, 0.05) is 28.9 Å². The minimum atomic E-state index is -0.878. The lowest BCUT2D eigenvalue weighted by atomic mass is 9.86. The summed E-state index contributed by atoms with van der Waals surface area (Å²) in [6, 6.07) is 21.4. The average Bonchev–Trinajstić information content (AvgIpc) is 2.99. The van der Waals surface area contributed by atoms with Gasteiger partial charge in [0.2, 0.25) is 11.8 Å². The van der Waals surface area contributed by atoms with Crippen LogP contribution in [-0.2, 0) is 9.59 Å². The zero-order valence-electron chi connectivity index (χ0n) is 23.1. The van der Waals surface area contributed by atoms with Crippen molar-refractivity contribution in [3.05, 3.63) is 89.5 Å². The lowest BCUT2D eigenvalue weighted by Crippen LogP contribution is -2.53. The summed E-state index contributed by atoms with van der Waals surface area (Å²) in [5.41, 5.74) is 3.83. The molecular formula is C31H36N4O4. The van der Waals surface area contributed by atoms with Crippen LogP contribution in [0.3, 0.4) is 0 Å². The highest BCUT2D eigenvalue weighted by Gasteiger charge is 2.37. The maximum atomic E-state index is 14.0. The number of fused-ring (bicyclic) bond motifs is 1. The molecule has 0 aliphatic carbocycles. The van der Waals surface area contributed by atoms with E-state index in [2.05, 4.69) is 28.1 Å². The molecule has 1 aliphatic heterocycles. The number of ether oxygens (including phenoxy) is 1. The molecule has 2 unspecified atom stereocenters. The third kappa shape index (κ3) is 6.96. The van der Waals surface area contributed by atoms with Gasteiger partial charge in [-0.05, 0) is 63.4 Å². The lowest BCUT2D eigenvalue weighted by molar-refractivity contribution is -0.125. The molecule has 0 bridgehead atoms. The topological polar surface area (TPSA) is 99.8 Å². The number of rotatable bonds is 6. The highest BCUT2D eigenvalue weighted by Crippen LogP contribution is 2.39. The predicted molar refractivity (Wildman–Crippen MR) is 153 cm³/mol. The molecule has 3 aromatic rings. The van der Waals surface area contributed by atoms with E-state index in [0.29, 0.717) is 23.5 Å². The van der Waals surface area contributed by atoms with Crippen molar-refractivity contribution in [2.45, 2.75) is 51.6 Å². The Morgan fingerprint density at radius 3 is 2.41 bits per heavy atom. The van der Waals surface area contributed by atoms with E-state index in [4.69, 9.17) is 4.74 Å². The fourth-order valence-corrected chi connectivity index (χ4v) is 4.82. The van der Waals surface area contributed by atoms with Crippen LogP contribution in [0.1, 0.15) is 49.8 Å². The van der Waals surface area contributed by atoms with E-state index in [1.807, 2.05) is 64.1 Å². The number of para-hydroxylation sites is 1. The molecule has 39 heavy (non-hydrogen) atoms. The van der Waals surface area contributed by atoms with Gasteiger partial charge in [-0.2, -0.15) is 0 Å². The fraction of sp³-hybridized carbons (Fsp3) is 0.323. The van der Waals surface area contributed by atoms with Gasteiger partial charge < -0.3 is 25.6 Å². The normalized spacial score (nSPS) is 17.1. The van der Waals surface area contributed by atoms with Gasteiger partial charge >= 0.3 is 6.03 Å². The predicted octanol–water partition coefficient (Wildman–Crippen LogP) is 4.98. The van der Waals surface area contributed by atoms with E-state index in [1.165, 1.54) is 4.90 Å². The minimum absolute atomic E-state index is 0.163. The first-order valence-corrected chi connectivity index (χ1v) is 13.0. The largest absolute Gasteiger partial charge is 0.497 e. The van der Waals surface area contributed by atoms with Gasteiger partial charge in [0.1, 0.15) is 18.3 Å². The van der Waals surface area contributed by atoms with Crippen LogP contribution in [0.25, 0.3) is 0 Å². The summed E-state index contributed by atoms with van der Waals surface area (Å²) in [5, 5.41) is 8.62. The van der Waals surface area contributed by atoms with Gasteiger partial charge in [0.05, 0.1) is 7.11 Å². The third-order valence-electron chi connectivity index (χ3n) is 6.57. The summed E-state index contributed by atoms with van der Waals surface area (Å²) >= 11 is 0. The molecule has 0 saturated carbocycles. The lowest BCUT2D eigenvalue weighted by Gasteiger charge is -2.28. The van der Waals surface area contributed by atoms with Crippen LogP contribution in [-0.4, -0.2) is 43.1 Å². The Kier molecular flexibility index (Phi) is 8.24. The molecule has 4 amide bonds. The number of methoxy groups -OCH3 is 1. The number of carbonyl (C=O) groups excluding carboxylic acids is 3. The summed E-state index contributed by atoms with van der Waals surface area (Å²) in [6.07, 6.45) is 0.335. The summed E-state index contributed by atoms with van der Waals surface area (Å²) in [5.74, 6) is -0.200. The first kappa shape index (κ1) is 27.7. The molecule has 8 heteroatoms. The van der Waals surface area contributed by atoms with Gasteiger partial charge in [-0.3, -0.25) is 9.59 Å². The zero-order chi connectivity index (χ0) is 28.2. The number of nitrogens with one attached hydrogen (secondary N) is 3. The van der Waals surface area contributed by atoms with Gasteiger partial charge in [-0.15, -0.1) is 0 Å². The van der Waals surface area contributed by atoms with E-state index < -0.39 is 17.6 Å². The quantitative estimate of drug-likeness (QED) is 0.420. The van der Waals surface area contributed by atoms with E-state index >= 15 is 0 Å². The van der Waals surface area contributed by atoms with Crippen molar-refractivity contribution < 1.29 is 19.1 Å². The summed E-state index contributed by atoms with van der Waals surface area (Å²) < 4.78 is 5.24. The molecule has 1 heterocycles. The second-order valence-electron chi connectivity index (χ2n) is 10.9. The van der Waals surface area contributed by atoms with Crippen LogP contribution in [0.2, 0.25) is 0 Å². The molecule has 3 N–H and O–H groups in total. The molecule has 2 atom stereocenters. The highest BCUT2D eigenvalue weighted by molar-refractivity contribution is 6.05. The van der Waals surface area contributed by atoms with Crippen LogP contribution in [0.15, 0.2) is 72.8 Å². The summed E-state index contributed by atoms with van der Waals surface area (Å²) in [7, 11) is 1.55. The zero-order valence-corrected chi connectivity index (χ0v) is 23.1. The number of amides is 4. The molecule has 1 aliphatic rings. The summed E-state index contributed by atoms with van der Waals surface area (Å²) in [4.78, 5) is 41.6. The van der Waals surface area contributed by atoms with Gasteiger partial charge in [0.25, 0.3) is 0 Å². The molecule has 0 saturated heterocycles. The van der Waals surface area contributed by atoms with Gasteiger partial charge in [0.15, 0.2) is 0 Å². The number of nitrogens with zero attached hydrogens (tertiary/aromatic N) is 1. The standard InChI is InChI=1S/C31H36N4O4/c1-20-13-15-21(16-14-20)25-18-26(33-30(38)32-22-9-8-10-23(17-22)39-5)29(37)35(19-28(36)34-31(2,3)4)27-12-7-6-11-24(25)27/h6-17,25-26H,18-19H2,1-5H3,(H,34,36)(H2,32,33,38). The van der Waals surface area contributed by atoms with E-state index in [9.17, 15) is 14.4 Å². The smallest absolute Gasteiger partial charge is 0.319 e. The monoisotopic (exact) mass is 528 g/mol. The molecule has 3 aromatic carbocycles. The molecule has 4 rings (SSSR count). The minimum Gasteiger partial charge on any atom is -0.497 e. The van der Waals surface area contributed by atoms with Crippen LogP contribution in [0, 0.1) is 6.92 Å². The Balaban J connectivity index is 1.69. The number of urea groups is 1. The third-order valence-corrected chi connectivity index (χ3v) is 6.57. The fourth-order valence-electron chi connectivity index (χ4n) is 4.82. The molecule has 204 valence electrons. The number of hydrogen-bond acceptors (Lipinski definition) is 4. The van der Waals surface area contributed by atoms with Crippen molar-refractivity contribution in [3.63, 3.8) is 0 Å². The Morgan fingerprint density at radius 1 is 1.00 bits per heavy atom. The average molecular weight is 529 g/mol. The van der Waals surface area contributed by atoms with Gasteiger partial charge in [-0.25, -0.2) is 4.79 Å². The van der Waals surface area contributed by atoms with Gasteiger partial charge in [-0.1, -0.05) is 54.1 Å². The van der Waals surface area contributed by atoms with E-state index in [0.717, 1.165) is 16.7 Å². The molecule has 0 fully saturated rings. The van der Waals surface area contributed by atoms with Crippen molar-refractivity contribution in [1.29, 1.82) is 0 Å².